The molecule has 0 aromatic rings. The van der Waals surface area contributed by atoms with E-state index in [1.54, 1.807) is 0 Å². The van der Waals surface area contributed by atoms with Crippen molar-refractivity contribution in [1.29, 1.82) is 0 Å². The van der Waals surface area contributed by atoms with Crippen LogP contribution in [0.4, 0.5) is 0 Å². The summed E-state index contributed by atoms with van der Waals surface area (Å²) in [5.74, 6) is 0. The van der Waals surface area contributed by atoms with Crippen molar-refractivity contribution >= 4 is 10.0 Å². The molecule has 3 nitrogen and oxygen atoms in total. The molecule has 1 aliphatic carbocycles. The van der Waals surface area contributed by atoms with Crippen LogP contribution in [0.2, 0.25) is 0 Å². The first kappa shape index (κ1) is 8.91. The molecule has 1 saturated carbocycles. The second kappa shape index (κ2) is 2.66. The molecule has 1 fully saturated rings. The first-order valence-electron chi connectivity index (χ1n) is 2.12. The molecule has 0 unspecified atom stereocenters. The zero-order valence-electron chi connectivity index (χ0n) is 5.79. The van der Waals surface area contributed by atoms with Crippen molar-refractivity contribution in [2.75, 3.05) is 0 Å². The molecule has 0 aromatic heterocycles. The van der Waals surface area contributed by atoms with Gasteiger partial charge in [-0.05, 0) is 12.8 Å². The number of sulfonamides is 1. The topological polar surface area (TPSA) is 60.2 Å². The Morgan fingerprint density at radius 3 is 1.88 bits per heavy atom. The van der Waals surface area contributed by atoms with E-state index in [1.165, 1.54) is 0 Å². The Balaban J connectivity index is 0. The van der Waals surface area contributed by atoms with Crippen LogP contribution in [0.3, 0.4) is 0 Å². The first-order valence-corrected chi connectivity index (χ1v) is 3.73. The summed E-state index contributed by atoms with van der Waals surface area (Å²) < 4.78 is 20.3. The zero-order valence-corrected chi connectivity index (χ0v) is 7.61. The van der Waals surface area contributed by atoms with Gasteiger partial charge in [-0.25, -0.2) is 13.6 Å². The Morgan fingerprint density at radius 1 is 1.50 bits per heavy atom. The minimum Gasteiger partial charge on any atom is -1.00 e. The maximum absolute atomic E-state index is 10.2. The number of rotatable bonds is 1. The van der Waals surface area contributed by atoms with E-state index in [9.17, 15) is 8.42 Å². The maximum atomic E-state index is 10.2. The average molecular weight is 145 g/mol. The van der Waals surface area contributed by atoms with Crippen molar-refractivity contribution in [2.24, 2.45) is 5.14 Å². The fourth-order valence-corrected chi connectivity index (χ4v) is 1.19. The molecular weight excluding hydrogens is 137 g/mol. The van der Waals surface area contributed by atoms with Gasteiger partial charge in [0.2, 0.25) is 10.0 Å². The summed E-state index contributed by atoms with van der Waals surface area (Å²) in [7, 11) is -3.13. The van der Waals surface area contributed by atoms with Crippen molar-refractivity contribution in [3.63, 3.8) is 0 Å². The Labute approximate surface area is 72.5 Å². The van der Waals surface area contributed by atoms with E-state index >= 15 is 0 Å². The van der Waals surface area contributed by atoms with Gasteiger partial charge in [0, 0.05) is 0 Å². The molecule has 0 heterocycles. The predicted molar refractivity (Wildman–Crippen MR) is 27.2 cm³/mol. The van der Waals surface area contributed by atoms with Gasteiger partial charge in [-0.1, -0.05) is 0 Å². The van der Waals surface area contributed by atoms with Gasteiger partial charge >= 0.3 is 29.6 Å². The number of hydrogen-bond donors (Lipinski definition) is 1. The third-order valence-corrected chi connectivity index (χ3v) is 2.39. The van der Waals surface area contributed by atoms with Crippen molar-refractivity contribution in [3.05, 3.63) is 0 Å². The molecule has 0 spiro atoms. The summed E-state index contributed by atoms with van der Waals surface area (Å²) in [6, 6.07) is 0. The van der Waals surface area contributed by atoms with Gasteiger partial charge in [0.15, 0.2) is 0 Å². The molecule has 0 saturated heterocycles. The van der Waals surface area contributed by atoms with Crippen LogP contribution < -0.4 is 34.7 Å². The van der Waals surface area contributed by atoms with E-state index in [0.29, 0.717) is 0 Å². The average Bonchev–Trinajstić information content (AvgIpc) is 1.99. The van der Waals surface area contributed by atoms with Gasteiger partial charge in [0.25, 0.3) is 0 Å². The Kier molecular flexibility index (Phi) is 2.97. The van der Waals surface area contributed by atoms with E-state index < -0.39 is 10.0 Å². The predicted octanol–water partition coefficient (Wildman–Crippen LogP) is -3.45. The summed E-state index contributed by atoms with van der Waals surface area (Å²) in [5, 5.41) is 4.51. The molecule has 44 valence electrons. The number of nitrogens with two attached hydrogens (primary N) is 1. The smallest absolute Gasteiger partial charge is 1.00 e. The molecule has 0 atom stereocenters. The maximum Gasteiger partial charge on any atom is 1.00 e. The molecular formula is C3H8NNaO2S. The Hall–Kier alpha value is 0.910. The molecule has 0 aromatic carbocycles. The molecule has 0 aliphatic heterocycles. The summed E-state index contributed by atoms with van der Waals surface area (Å²) >= 11 is 0. The molecule has 0 radical (unpaired) electrons. The van der Waals surface area contributed by atoms with Crippen molar-refractivity contribution < 1.29 is 39.4 Å². The van der Waals surface area contributed by atoms with E-state index in [1.807, 2.05) is 0 Å². The fourth-order valence-electron chi connectivity index (χ4n) is 0.397. The summed E-state index contributed by atoms with van der Waals surface area (Å²) in [5.41, 5.74) is 0. The SMILES string of the molecule is NS(=O)(=O)C1CC1.[H-].[Na+]. The van der Waals surface area contributed by atoms with Crippen molar-refractivity contribution in [1.82, 2.24) is 0 Å². The quantitative estimate of drug-likeness (QED) is 0.390. The van der Waals surface area contributed by atoms with Gasteiger partial charge < -0.3 is 1.43 Å². The van der Waals surface area contributed by atoms with Crippen molar-refractivity contribution in [2.45, 2.75) is 18.1 Å². The number of hydrogen-bond acceptors (Lipinski definition) is 2. The summed E-state index contributed by atoms with van der Waals surface area (Å²) in [4.78, 5) is 0. The van der Waals surface area contributed by atoms with Gasteiger partial charge in [-0.3, -0.25) is 0 Å². The monoisotopic (exact) mass is 145 g/mol. The third-order valence-electron chi connectivity index (χ3n) is 0.989. The second-order valence-electron chi connectivity index (χ2n) is 1.79. The van der Waals surface area contributed by atoms with Crippen LogP contribution in [0.15, 0.2) is 0 Å². The van der Waals surface area contributed by atoms with Crippen LogP contribution in [0, 0.1) is 0 Å². The third kappa shape index (κ3) is 2.46. The Morgan fingerprint density at radius 2 is 1.88 bits per heavy atom. The molecule has 5 heteroatoms. The van der Waals surface area contributed by atoms with Crippen molar-refractivity contribution in [3.8, 4) is 0 Å². The van der Waals surface area contributed by atoms with E-state index in [-0.39, 0.29) is 36.2 Å². The zero-order chi connectivity index (χ0) is 5.49. The van der Waals surface area contributed by atoms with E-state index in [4.69, 9.17) is 5.14 Å². The standard InChI is InChI=1S/C3H7NO2S.Na.H/c4-7(5,6)3-1-2-3;;/h3H,1-2H2,(H2,4,5,6);;/q;+1;-1. The van der Waals surface area contributed by atoms with Crippen LogP contribution in [-0.2, 0) is 10.0 Å². The molecule has 1 aliphatic rings. The molecule has 0 amide bonds. The summed E-state index contributed by atoms with van der Waals surface area (Å²) in [6.07, 6.45) is 1.53. The van der Waals surface area contributed by atoms with Crippen LogP contribution in [0.1, 0.15) is 14.3 Å². The molecule has 0 bridgehead atoms. The van der Waals surface area contributed by atoms with E-state index in [0.717, 1.165) is 12.8 Å². The van der Waals surface area contributed by atoms with Gasteiger partial charge in [0.05, 0.1) is 5.25 Å². The second-order valence-corrected chi connectivity index (χ2v) is 3.63. The minimum atomic E-state index is -3.13. The van der Waals surface area contributed by atoms with Gasteiger partial charge in [-0.15, -0.1) is 0 Å². The fraction of sp³-hybridized carbons (Fsp3) is 1.00. The van der Waals surface area contributed by atoms with Crippen LogP contribution in [-0.4, -0.2) is 13.7 Å². The molecule has 8 heavy (non-hydrogen) atoms. The van der Waals surface area contributed by atoms with Crippen LogP contribution in [0.5, 0.6) is 0 Å². The largest absolute Gasteiger partial charge is 1.00 e. The normalized spacial score (nSPS) is 19.6. The van der Waals surface area contributed by atoms with Crippen LogP contribution in [0.25, 0.3) is 0 Å². The van der Waals surface area contributed by atoms with Gasteiger partial charge in [-0.2, -0.15) is 0 Å². The molecule has 1 rings (SSSR count). The van der Waals surface area contributed by atoms with Gasteiger partial charge in [0.1, 0.15) is 0 Å². The number of primary sulfonamides is 1. The Bertz CT molecular complexity index is 165. The summed E-state index contributed by atoms with van der Waals surface area (Å²) in [6.45, 7) is 0. The van der Waals surface area contributed by atoms with Crippen LogP contribution >= 0.6 is 0 Å². The minimum absolute atomic E-state index is 0. The first-order chi connectivity index (χ1) is 3.11. The van der Waals surface area contributed by atoms with E-state index in [2.05, 4.69) is 0 Å². The molecule has 2 N–H and O–H groups in total.